The van der Waals surface area contributed by atoms with E-state index in [-0.39, 0.29) is 55.1 Å². The topological polar surface area (TPSA) is 101 Å². The van der Waals surface area contributed by atoms with Crippen LogP contribution in [0, 0.1) is 23.1 Å². The van der Waals surface area contributed by atoms with Crippen molar-refractivity contribution in [3.63, 3.8) is 0 Å². The lowest BCUT2D eigenvalue weighted by Crippen LogP contribution is -2.42. The van der Waals surface area contributed by atoms with Gasteiger partial charge in [-0.3, -0.25) is 9.59 Å². The molecule has 0 radical (unpaired) electrons. The van der Waals surface area contributed by atoms with Crippen molar-refractivity contribution in [2.75, 3.05) is 40.3 Å². The number of nitrogens with zero attached hydrogens (tertiary/aromatic N) is 3. The molecule has 3 rings (SSSR count). The summed E-state index contributed by atoms with van der Waals surface area (Å²) < 4.78 is 13.9. The van der Waals surface area contributed by atoms with Crippen molar-refractivity contribution in [1.82, 2.24) is 14.7 Å². The molecule has 0 aliphatic carbocycles. The van der Waals surface area contributed by atoms with E-state index >= 15 is 0 Å². The van der Waals surface area contributed by atoms with Gasteiger partial charge >= 0.3 is 6.03 Å². The molecule has 3 amide bonds. The maximum Gasteiger partial charge on any atom is 0.320 e. The Labute approximate surface area is 182 Å². The van der Waals surface area contributed by atoms with Gasteiger partial charge in [0, 0.05) is 58.6 Å². The molecule has 0 saturated carbocycles. The molecule has 31 heavy (non-hydrogen) atoms. The fourth-order valence-electron chi connectivity index (χ4n) is 4.40. The second-order valence-electron chi connectivity index (χ2n) is 9.16. The number of fused-ring (bicyclic) bond motifs is 1. The first-order valence-electron chi connectivity index (χ1n) is 10.2. The average Bonchev–Trinajstić information content (AvgIpc) is 3.25. The summed E-state index contributed by atoms with van der Waals surface area (Å²) in [4.78, 5) is 39.0. The summed E-state index contributed by atoms with van der Waals surface area (Å²) in [5.74, 6) is -0.0593. The van der Waals surface area contributed by atoms with Crippen LogP contribution in [0.5, 0.6) is 0 Å². The Morgan fingerprint density at radius 3 is 2.45 bits per heavy atom. The van der Waals surface area contributed by atoms with E-state index in [1.54, 1.807) is 25.1 Å². The minimum atomic E-state index is -0.455. The zero-order valence-electron chi connectivity index (χ0n) is 18.5. The van der Waals surface area contributed by atoms with E-state index in [9.17, 15) is 19.1 Å². The predicted molar refractivity (Wildman–Crippen MR) is 113 cm³/mol. The van der Waals surface area contributed by atoms with E-state index in [2.05, 4.69) is 0 Å². The van der Waals surface area contributed by atoms with Crippen LogP contribution in [0.1, 0.15) is 31.9 Å². The highest BCUT2D eigenvalue weighted by Crippen LogP contribution is 2.45. The molecular weight excluding hydrogens is 405 g/mol. The van der Waals surface area contributed by atoms with Crippen LogP contribution in [0.4, 0.5) is 9.18 Å². The number of rotatable bonds is 4. The highest BCUT2D eigenvalue weighted by Gasteiger charge is 2.50. The smallest absolute Gasteiger partial charge is 0.320 e. The normalized spacial score (nSPS) is 22.5. The molecule has 1 aromatic rings. The van der Waals surface area contributed by atoms with Crippen LogP contribution in [0.3, 0.4) is 0 Å². The maximum absolute atomic E-state index is 13.9. The van der Waals surface area contributed by atoms with Crippen LogP contribution >= 0.6 is 0 Å². The summed E-state index contributed by atoms with van der Waals surface area (Å²) in [5, 5.41) is 16.3. The minimum absolute atomic E-state index is 0.0249. The molecule has 2 aliphatic heterocycles. The molecule has 0 bridgehead atoms. The summed E-state index contributed by atoms with van der Waals surface area (Å²) in [5.41, 5.74) is 0.316. The first kappa shape index (κ1) is 24.6. The van der Waals surface area contributed by atoms with Crippen LogP contribution in [0.15, 0.2) is 24.3 Å². The minimum Gasteiger partial charge on any atom is -0.483 e. The highest BCUT2D eigenvalue weighted by atomic mass is 19.1. The molecule has 172 valence electrons. The number of halogens is 1. The van der Waals surface area contributed by atoms with Crippen LogP contribution in [-0.4, -0.2) is 83.7 Å². The molecule has 9 heteroatoms. The number of aliphatic hydroxyl groups excluding tert-OH is 1. The SMILES string of the molecule is CN(C)C(=O)N1C[C@H]2CN(C(=O)CC(C)(C)CO)C[C@H]2[C@@H]1c1cccc(F)c1.O=CO. The van der Waals surface area contributed by atoms with Gasteiger partial charge in [-0.1, -0.05) is 26.0 Å². The van der Waals surface area contributed by atoms with Crippen molar-refractivity contribution < 1.29 is 29.0 Å². The third-order valence-electron chi connectivity index (χ3n) is 5.89. The van der Waals surface area contributed by atoms with E-state index in [0.29, 0.717) is 19.6 Å². The number of carbonyl (C=O) groups excluding carboxylic acids is 2. The van der Waals surface area contributed by atoms with Gasteiger partial charge in [0.2, 0.25) is 5.91 Å². The fraction of sp³-hybridized carbons (Fsp3) is 0.591. The average molecular weight is 438 g/mol. The number of urea groups is 1. The lowest BCUT2D eigenvalue weighted by molar-refractivity contribution is -0.133. The van der Waals surface area contributed by atoms with Gasteiger partial charge in [0.15, 0.2) is 0 Å². The zero-order chi connectivity index (χ0) is 23.3. The van der Waals surface area contributed by atoms with Gasteiger partial charge < -0.3 is 24.9 Å². The van der Waals surface area contributed by atoms with Crippen molar-refractivity contribution in [2.24, 2.45) is 17.3 Å². The van der Waals surface area contributed by atoms with E-state index in [0.717, 1.165) is 5.56 Å². The monoisotopic (exact) mass is 437 g/mol. The summed E-state index contributed by atoms with van der Waals surface area (Å²) in [6.45, 7) is 5.13. The lowest BCUT2D eigenvalue weighted by atomic mass is 9.89. The van der Waals surface area contributed by atoms with Gasteiger partial charge in [0.05, 0.1) is 6.04 Å². The molecule has 2 fully saturated rings. The van der Waals surface area contributed by atoms with Gasteiger partial charge in [0.25, 0.3) is 6.47 Å². The third-order valence-corrected chi connectivity index (χ3v) is 5.89. The van der Waals surface area contributed by atoms with Gasteiger partial charge in [-0.2, -0.15) is 0 Å². The molecular formula is C22H32FN3O5. The number of benzene rings is 1. The standard InChI is InChI=1S/C21H30FN3O3.CH2O2/c1-21(2,13-26)9-18(27)24-10-15-11-25(20(28)23(3)4)19(17(15)12-24)14-6-5-7-16(22)8-14;2-1-3/h5-8,15,17,19,26H,9-13H2,1-4H3;1H,(H,2,3)/t15-,17-,19+;/m1./s1. The van der Waals surface area contributed by atoms with Crippen LogP contribution < -0.4 is 0 Å². The molecule has 0 unspecified atom stereocenters. The summed E-state index contributed by atoms with van der Waals surface area (Å²) >= 11 is 0. The summed E-state index contributed by atoms with van der Waals surface area (Å²) in [7, 11) is 3.43. The molecule has 8 nitrogen and oxygen atoms in total. The number of hydrogen-bond donors (Lipinski definition) is 2. The maximum atomic E-state index is 13.9. The molecule has 2 N–H and O–H groups in total. The number of amides is 3. The van der Waals surface area contributed by atoms with Gasteiger partial charge in [0.1, 0.15) is 5.82 Å². The Morgan fingerprint density at radius 2 is 1.90 bits per heavy atom. The Kier molecular flexibility index (Phi) is 8.00. The first-order chi connectivity index (χ1) is 14.5. The number of carboxylic acid groups (broad SMARTS) is 1. The van der Waals surface area contributed by atoms with Crippen molar-refractivity contribution in [1.29, 1.82) is 0 Å². The highest BCUT2D eigenvalue weighted by molar-refractivity contribution is 5.78. The molecule has 3 atom stereocenters. The second-order valence-corrected chi connectivity index (χ2v) is 9.16. The van der Waals surface area contributed by atoms with Gasteiger partial charge in [-0.25, -0.2) is 9.18 Å². The summed E-state index contributed by atoms with van der Waals surface area (Å²) in [6, 6.07) is 6.06. The molecule has 2 aliphatic rings. The summed E-state index contributed by atoms with van der Waals surface area (Å²) in [6.07, 6.45) is 0.286. The molecule has 0 aromatic heterocycles. The second kappa shape index (κ2) is 10.1. The Morgan fingerprint density at radius 1 is 1.26 bits per heavy atom. The fourth-order valence-corrected chi connectivity index (χ4v) is 4.40. The lowest BCUT2D eigenvalue weighted by Gasteiger charge is -2.32. The number of carbonyl (C=O) groups is 3. The van der Waals surface area contributed by atoms with E-state index < -0.39 is 5.41 Å². The molecule has 1 aromatic carbocycles. The van der Waals surface area contributed by atoms with E-state index in [1.165, 1.54) is 12.1 Å². The van der Waals surface area contributed by atoms with Crippen molar-refractivity contribution in [2.45, 2.75) is 26.3 Å². The first-order valence-corrected chi connectivity index (χ1v) is 10.2. The van der Waals surface area contributed by atoms with Gasteiger partial charge in [-0.15, -0.1) is 0 Å². The molecule has 2 heterocycles. The predicted octanol–water partition coefficient (Wildman–Crippen LogP) is 2.05. The quantitative estimate of drug-likeness (QED) is 0.702. The zero-order valence-corrected chi connectivity index (χ0v) is 18.5. The Hall–Kier alpha value is -2.68. The van der Waals surface area contributed by atoms with Crippen LogP contribution in [-0.2, 0) is 9.59 Å². The van der Waals surface area contributed by atoms with E-state index in [1.807, 2.05) is 29.7 Å². The number of hydrogen-bond acceptors (Lipinski definition) is 4. The Balaban J connectivity index is 0.00000107. The van der Waals surface area contributed by atoms with Gasteiger partial charge in [-0.05, 0) is 23.1 Å². The van der Waals surface area contributed by atoms with Crippen molar-refractivity contribution in [3.05, 3.63) is 35.6 Å². The number of likely N-dealkylation sites (tertiary alicyclic amines) is 2. The third kappa shape index (κ3) is 5.72. The molecule has 0 spiro atoms. The van der Waals surface area contributed by atoms with E-state index in [4.69, 9.17) is 9.90 Å². The van der Waals surface area contributed by atoms with Crippen molar-refractivity contribution in [3.8, 4) is 0 Å². The molecule has 2 saturated heterocycles. The Bertz CT molecular complexity index is 801. The number of aliphatic hydroxyl groups is 1. The van der Waals surface area contributed by atoms with Crippen LogP contribution in [0.2, 0.25) is 0 Å². The largest absolute Gasteiger partial charge is 0.483 e. The van der Waals surface area contributed by atoms with Crippen LogP contribution in [0.25, 0.3) is 0 Å². The van der Waals surface area contributed by atoms with Crippen molar-refractivity contribution >= 4 is 18.4 Å².